The Balaban J connectivity index is 1.48. The van der Waals surface area contributed by atoms with Crippen LogP contribution in [0.5, 0.6) is 11.5 Å². The van der Waals surface area contributed by atoms with Crippen molar-refractivity contribution in [2.45, 2.75) is 37.7 Å². The smallest absolute Gasteiger partial charge is 0.416 e. The number of phenolic OH excluding ortho intramolecular Hbond substituents is 1. The molecule has 4 N–H and O–H groups in total. The minimum Gasteiger partial charge on any atom is -0.504 e. The van der Waals surface area contributed by atoms with E-state index in [4.69, 9.17) is 4.74 Å². The van der Waals surface area contributed by atoms with Crippen LogP contribution in [0.4, 0.5) is 32.0 Å². The molecule has 15 heteroatoms. The van der Waals surface area contributed by atoms with E-state index >= 15 is 0 Å². The van der Waals surface area contributed by atoms with Crippen molar-refractivity contribution in [3.05, 3.63) is 97.6 Å². The Labute approximate surface area is 301 Å². The topological polar surface area (TPSA) is 128 Å². The summed E-state index contributed by atoms with van der Waals surface area (Å²) in [6.45, 7) is -1.50. The number of nitrogens with zero attached hydrogens (tertiary/aromatic N) is 1. The Morgan fingerprint density at radius 2 is 1.61 bits per heavy atom. The number of fused-ring (bicyclic) bond motifs is 1. The summed E-state index contributed by atoms with van der Waals surface area (Å²) in [5, 5.41) is 42.7. The fourth-order valence-electron chi connectivity index (χ4n) is 6.86. The molecule has 0 radical (unpaired) electrons. The van der Waals surface area contributed by atoms with Crippen molar-refractivity contribution >= 4 is 51.7 Å². The summed E-state index contributed by atoms with van der Waals surface area (Å²) in [4.78, 5) is 27.6. The van der Waals surface area contributed by atoms with Crippen LogP contribution < -0.4 is 9.64 Å². The molecule has 1 heterocycles. The molecule has 0 spiro atoms. The zero-order valence-electron chi connectivity index (χ0n) is 26.8. The highest BCUT2D eigenvalue weighted by atomic mass is 127. The summed E-state index contributed by atoms with van der Waals surface area (Å²) >= 11 is 1.96. The number of methoxy groups -OCH3 is 1. The van der Waals surface area contributed by atoms with Crippen LogP contribution >= 0.6 is 22.6 Å². The third-order valence-corrected chi connectivity index (χ3v) is 10.0. The lowest BCUT2D eigenvalue weighted by molar-refractivity contribution is -0.143. The van der Waals surface area contributed by atoms with Crippen LogP contribution in [0.1, 0.15) is 41.5 Å². The molecule has 0 saturated carbocycles. The van der Waals surface area contributed by atoms with Crippen molar-refractivity contribution in [3.63, 3.8) is 0 Å². The Morgan fingerprint density at radius 3 is 2.16 bits per heavy atom. The Kier molecular flexibility index (Phi) is 11.2. The van der Waals surface area contributed by atoms with E-state index in [1.807, 2.05) is 59.0 Å². The van der Waals surface area contributed by atoms with Crippen molar-refractivity contribution in [1.29, 1.82) is 0 Å². The minimum atomic E-state index is -5.23. The number of anilines is 1. The number of carbonyl (C=O) groups is 2. The van der Waals surface area contributed by atoms with Crippen LogP contribution in [0, 0.1) is 21.3 Å². The summed E-state index contributed by atoms with van der Waals surface area (Å²) in [5.74, 6) is -6.02. The van der Waals surface area contributed by atoms with Crippen molar-refractivity contribution in [2.24, 2.45) is 17.8 Å². The molecule has 51 heavy (non-hydrogen) atoms. The van der Waals surface area contributed by atoms with Gasteiger partial charge in [-0.25, -0.2) is 4.90 Å². The van der Waals surface area contributed by atoms with Gasteiger partial charge in [-0.2, -0.15) is 26.3 Å². The number of aromatic hydroxyl groups is 1. The van der Waals surface area contributed by atoms with Crippen LogP contribution in [-0.4, -0.2) is 58.7 Å². The lowest BCUT2D eigenvalue weighted by atomic mass is 9.68. The molecule has 8 nitrogen and oxygen atoms in total. The molecule has 2 amide bonds. The number of alkyl halides is 6. The third kappa shape index (κ3) is 7.80. The number of benzene rings is 3. The number of hydrogen-bond donors (Lipinski definition) is 4. The fourth-order valence-corrected chi connectivity index (χ4v) is 7.49. The van der Waals surface area contributed by atoms with Crippen molar-refractivity contribution < 1.29 is 61.1 Å². The highest BCUT2D eigenvalue weighted by molar-refractivity contribution is 14.1. The predicted octanol–water partition coefficient (Wildman–Crippen LogP) is 6.83. The summed E-state index contributed by atoms with van der Waals surface area (Å²) in [5.41, 5.74) is -1.94. The maximum absolute atomic E-state index is 13.8. The summed E-state index contributed by atoms with van der Waals surface area (Å²) in [6.07, 6.45) is -10.1. The Morgan fingerprint density at radius 1 is 0.980 bits per heavy atom. The summed E-state index contributed by atoms with van der Waals surface area (Å²) in [6, 6.07) is 12.9. The number of amides is 2. The van der Waals surface area contributed by atoms with Crippen LogP contribution in [0.25, 0.3) is 11.6 Å². The molecule has 272 valence electrons. The maximum atomic E-state index is 13.8. The molecule has 0 unspecified atom stereocenters. The van der Waals surface area contributed by atoms with E-state index in [9.17, 15) is 56.4 Å². The maximum Gasteiger partial charge on any atom is 0.416 e. The lowest BCUT2D eigenvalue weighted by Crippen LogP contribution is -2.39. The van der Waals surface area contributed by atoms with Gasteiger partial charge in [0.05, 0.1) is 58.6 Å². The number of hydrogen-bond acceptors (Lipinski definition) is 7. The van der Waals surface area contributed by atoms with Gasteiger partial charge in [-0.1, -0.05) is 36.4 Å². The molecule has 2 aliphatic rings. The van der Waals surface area contributed by atoms with Gasteiger partial charge in [-0.15, -0.1) is 0 Å². The molecule has 3 aromatic carbocycles. The van der Waals surface area contributed by atoms with Gasteiger partial charge < -0.3 is 25.2 Å². The van der Waals surface area contributed by atoms with Gasteiger partial charge in [0.25, 0.3) is 0 Å². The van der Waals surface area contributed by atoms with Gasteiger partial charge in [0, 0.05) is 5.92 Å². The molecular formula is C36H32F6INO7. The van der Waals surface area contributed by atoms with Gasteiger partial charge in [-0.05, 0) is 100 Å². The van der Waals surface area contributed by atoms with Crippen LogP contribution in [0.2, 0.25) is 0 Å². The van der Waals surface area contributed by atoms with E-state index in [1.165, 1.54) is 7.11 Å². The first-order valence-corrected chi connectivity index (χ1v) is 16.7. The lowest BCUT2D eigenvalue weighted by Gasteiger charge is -2.36. The molecule has 1 fully saturated rings. The zero-order valence-corrected chi connectivity index (χ0v) is 29.0. The number of allylic oxidation sites excluding steroid dienone is 1. The van der Waals surface area contributed by atoms with Gasteiger partial charge in [0.2, 0.25) is 11.8 Å². The average Bonchev–Trinajstić information content (AvgIpc) is 3.34. The highest BCUT2D eigenvalue weighted by Crippen LogP contribution is 2.48. The number of rotatable bonds is 10. The molecule has 1 aliphatic heterocycles. The van der Waals surface area contributed by atoms with Crippen LogP contribution in [-0.2, 0) is 21.9 Å². The van der Waals surface area contributed by atoms with E-state index in [0.717, 1.165) is 11.1 Å². The first-order valence-electron chi connectivity index (χ1n) is 15.6. The molecule has 1 saturated heterocycles. The second-order valence-electron chi connectivity index (χ2n) is 12.3. The van der Waals surface area contributed by atoms with Gasteiger partial charge in [0.15, 0.2) is 11.5 Å². The number of aliphatic hydroxyl groups is 3. The highest BCUT2D eigenvalue weighted by Gasteiger charge is 2.55. The fraction of sp³-hybridized carbons (Fsp3) is 0.333. The standard InChI is InChI=1S/C36H32F6INO7/c1-51-29-11-18(10-27(43)32(29)48)9-20(19-5-3-2-4-6-19)7-8-28(47)30-21(16-45)12-25-31(26(30)17-46)34(50)44(33(25)49)24-14-22(35(37,38)39)13-23(15-24)36(40,41)42/h2-6,9-11,13-15,25-26,28,31,45-48H,7-8,12,16-17H2,1H3/b20-9-/t25-,26+,28-,31-/m1/s1. The van der Waals surface area contributed by atoms with Crippen molar-refractivity contribution in [2.75, 3.05) is 25.2 Å². The average molecular weight is 832 g/mol. The minimum absolute atomic E-state index is 0.00577. The number of carbonyl (C=O) groups excluding carboxylic acids is 2. The first-order chi connectivity index (χ1) is 24.0. The molecule has 3 aromatic rings. The zero-order chi connectivity index (χ0) is 37.4. The van der Waals surface area contributed by atoms with Gasteiger partial charge in [-0.3, -0.25) is 9.59 Å². The number of aliphatic hydroxyl groups excluding tert-OH is 3. The monoisotopic (exact) mass is 831 g/mol. The summed E-state index contributed by atoms with van der Waals surface area (Å²) in [7, 11) is 1.41. The molecule has 4 atom stereocenters. The summed E-state index contributed by atoms with van der Waals surface area (Å²) < 4.78 is 87.5. The van der Waals surface area contributed by atoms with Crippen molar-refractivity contribution in [3.8, 4) is 11.5 Å². The van der Waals surface area contributed by atoms with E-state index in [0.29, 0.717) is 9.13 Å². The van der Waals surface area contributed by atoms with Crippen LogP contribution in [0.15, 0.2) is 71.8 Å². The molecule has 5 rings (SSSR count). The normalized spacial score (nSPS) is 20.6. The second kappa shape index (κ2) is 15.0. The molecule has 0 bridgehead atoms. The predicted molar refractivity (Wildman–Crippen MR) is 182 cm³/mol. The number of phenols is 1. The Bertz CT molecular complexity index is 1840. The number of ether oxygens (including phenoxy) is 1. The molecule has 1 aliphatic carbocycles. The SMILES string of the molecule is COc1cc(/C=C(/CC[C@@H](O)C2=C(CO)C[C@H]3C(=O)N(c4cc(C(F)(F)F)cc(C(F)(F)F)c4)C(=O)[C@H]3[C@H]2CO)c2ccccc2)cc(I)c1O. The van der Waals surface area contributed by atoms with Gasteiger partial charge in [0.1, 0.15) is 0 Å². The van der Waals surface area contributed by atoms with E-state index in [2.05, 4.69) is 0 Å². The third-order valence-electron chi connectivity index (χ3n) is 9.20. The molecule has 0 aromatic heterocycles. The van der Waals surface area contributed by atoms with E-state index in [1.54, 1.807) is 12.1 Å². The van der Waals surface area contributed by atoms with E-state index < -0.39 is 78.1 Å². The first kappa shape index (κ1) is 38.3. The van der Waals surface area contributed by atoms with Crippen molar-refractivity contribution in [1.82, 2.24) is 0 Å². The van der Waals surface area contributed by atoms with Crippen LogP contribution in [0.3, 0.4) is 0 Å². The Hall–Kier alpha value is -3.93. The quantitative estimate of drug-likeness (QED) is 0.0581. The van der Waals surface area contributed by atoms with E-state index in [-0.39, 0.29) is 65.0 Å². The number of imide groups is 1. The number of halogens is 7. The van der Waals surface area contributed by atoms with Gasteiger partial charge >= 0.3 is 12.4 Å². The second-order valence-corrected chi connectivity index (χ2v) is 13.4. The molecular weight excluding hydrogens is 799 g/mol. The largest absolute Gasteiger partial charge is 0.504 e.